The van der Waals surface area contributed by atoms with Crippen LogP contribution in [0, 0.1) is 5.92 Å². The van der Waals surface area contributed by atoms with Crippen LogP contribution in [0.15, 0.2) is 18.3 Å². The van der Waals surface area contributed by atoms with Gasteiger partial charge < -0.3 is 11.1 Å². The molecule has 1 aliphatic rings. The molecule has 3 heteroatoms. The molecular formula is C10H15N3. The zero-order valence-corrected chi connectivity index (χ0v) is 7.83. The van der Waals surface area contributed by atoms with Gasteiger partial charge in [-0.25, -0.2) is 4.98 Å². The quantitative estimate of drug-likeness (QED) is 0.736. The second kappa shape index (κ2) is 3.34. The van der Waals surface area contributed by atoms with Crippen molar-refractivity contribution < 1.29 is 0 Å². The molecule has 1 aliphatic carbocycles. The molecule has 1 heterocycles. The molecule has 0 spiro atoms. The Bertz CT molecular complexity index is 277. The summed E-state index contributed by atoms with van der Waals surface area (Å²) < 4.78 is 0. The summed E-state index contributed by atoms with van der Waals surface area (Å²) in [6.07, 6.45) is 4.42. The Morgan fingerprint density at radius 2 is 2.31 bits per heavy atom. The van der Waals surface area contributed by atoms with Crippen molar-refractivity contribution in [2.45, 2.75) is 18.9 Å². The summed E-state index contributed by atoms with van der Waals surface area (Å²) in [5.41, 5.74) is 7.19. The molecule has 0 amide bonds. The lowest BCUT2D eigenvalue weighted by Crippen LogP contribution is -2.12. The van der Waals surface area contributed by atoms with Gasteiger partial charge in [-0.15, -0.1) is 0 Å². The number of pyridine rings is 1. The van der Waals surface area contributed by atoms with Gasteiger partial charge in [-0.1, -0.05) is 6.07 Å². The first-order chi connectivity index (χ1) is 6.31. The highest BCUT2D eigenvalue weighted by atomic mass is 14.9. The van der Waals surface area contributed by atoms with E-state index in [2.05, 4.69) is 16.4 Å². The first-order valence-corrected chi connectivity index (χ1v) is 4.70. The van der Waals surface area contributed by atoms with E-state index in [9.17, 15) is 0 Å². The van der Waals surface area contributed by atoms with E-state index in [1.54, 1.807) is 0 Å². The van der Waals surface area contributed by atoms with Crippen molar-refractivity contribution >= 4 is 5.82 Å². The molecule has 70 valence electrons. The predicted octanol–water partition coefficient (Wildman–Crippen LogP) is 1.53. The van der Waals surface area contributed by atoms with E-state index in [0.717, 1.165) is 11.4 Å². The molecule has 3 N–H and O–H groups in total. The van der Waals surface area contributed by atoms with Crippen LogP contribution in [0.25, 0.3) is 0 Å². The topological polar surface area (TPSA) is 50.9 Å². The Labute approximate surface area is 78.4 Å². The third-order valence-corrected chi connectivity index (χ3v) is 2.56. The van der Waals surface area contributed by atoms with Gasteiger partial charge in [0, 0.05) is 19.3 Å². The maximum Gasteiger partial charge on any atom is 0.125 e. The predicted molar refractivity (Wildman–Crippen MR) is 53.4 cm³/mol. The molecule has 1 atom stereocenters. The first kappa shape index (κ1) is 8.51. The highest BCUT2D eigenvalue weighted by molar-refractivity contribution is 5.35. The maximum absolute atomic E-state index is 6.03. The fourth-order valence-corrected chi connectivity index (χ4v) is 1.48. The molecule has 3 nitrogen and oxygen atoms in total. The average molecular weight is 177 g/mol. The number of nitrogens with one attached hydrogen (secondary N) is 1. The summed E-state index contributed by atoms with van der Waals surface area (Å²) in [5.74, 6) is 1.59. The van der Waals surface area contributed by atoms with Crippen molar-refractivity contribution in [3.05, 3.63) is 23.9 Å². The SMILES string of the molecule is CNc1ccc([C@H](N)C2CC2)cn1. The third-order valence-electron chi connectivity index (χ3n) is 2.56. The summed E-state index contributed by atoms with van der Waals surface area (Å²) in [6.45, 7) is 0. The zero-order valence-electron chi connectivity index (χ0n) is 7.83. The standard InChI is InChI=1S/C10H15N3/c1-12-9-5-4-8(6-13-9)10(11)7-2-3-7/h4-7,10H,2-3,11H2,1H3,(H,12,13)/t10-/m1/s1. The molecule has 0 aromatic carbocycles. The Morgan fingerprint density at radius 3 is 2.77 bits per heavy atom. The lowest BCUT2D eigenvalue weighted by atomic mass is 10.1. The molecule has 13 heavy (non-hydrogen) atoms. The van der Waals surface area contributed by atoms with Crippen molar-refractivity contribution in [2.24, 2.45) is 11.7 Å². The minimum absolute atomic E-state index is 0.193. The van der Waals surface area contributed by atoms with Gasteiger partial charge in [0.15, 0.2) is 0 Å². The molecule has 0 saturated heterocycles. The smallest absolute Gasteiger partial charge is 0.125 e. The van der Waals surface area contributed by atoms with E-state index in [4.69, 9.17) is 5.73 Å². The molecule has 0 radical (unpaired) electrons. The van der Waals surface area contributed by atoms with E-state index in [0.29, 0.717) is 5.92 Å². The lowest BCUT2D eigenvalue weighted by molar-refractivity contribution is 0.631. The second-order valence-electron chi connectivity index (χ2n) is 3.59. The van der Waals surface area contributed by atoms with E-state index in [1.165, 1.54) is 12.8 Å². The fraction of sp³-hybridized carbons (Fsp3) is 0.500. The van der Waals surface area contributed by atoms with Gasteiger partial charge in [-0.3, -0.25) is 0 Å². The van der Waals surface area contributed by atoms with Crippen LogP contribution in [-0.2, 0) is 0 Å². The van der Waals surface area contributed by atoms with Crippen LogP contribution < -0.4 is 11.1 Å². The van der Waals surface area contributed by atoms with Gasteiger partial charge in [0.1, 0.15) is 5.82 Å². The van der Waals surface area contributed by atoms with E-state index >= 15 is 0 Å². The molecule has 1 saturated carbocycles. The summed E-state index contributed by atoms with van der Waals surface area (Å²) in [7, 11) is 1.86. The summed E-state index contributed by atoms with van der Waals surface area (Å²) >= 11 is 0. The Hall–Kier alpha value is -1.09. The van der Waals surface area contributed by atoms with Crippen molar-refractivity contribution in [1.82, 2.24) is 4.98 Å². The molecule has 0 aliphatic heterocycles. The van der Waals surface area contributed by atoms with Crippen molar-refractivity contribution in [3.63, 3.8) is 0 Å². The van der Waals surface area contributed by atoms with E-state index in [1.807, 2.05) is 19.3 Å². The van der Waals surface area contributed by atoms with Crippen molar-refractivity contribution in [3.8, 4) is 0 Å². The minimum Gasteiger partial charge on any atom is -0.373 e. The van der Waals surface area contributed by atoms with Gasteiger partial charge in [0.25, 0.3) is 0 Å². The number of rotatable bonds is 3. The van der Waals surface area contributed by atoms with Crippen LogP contribution in [0.3, 0.4) is 0 Å². The minimum atomic E-state index is 0.193. The maximum atomic E-state index is 6.03. The summed E-state index contributed by atoms with van der Waals surface area (Å²) in [5, 5.41) is 2.99. The number of nitrogens with two attached hydrogens (primary N) is 1. The van der Waals surface area contributed by atoms with Gasteiger partial charge >= 0.3 is 0 Å². The Balaban J connectivity index is 2.11. The van der Waals surface area contributed by atoms with Crippen LogP contribution in [-0.4, -0.2) is 12.0 Å². The number of anilines is 1. The summed E-state index contributed by atoms with van der Waals surface area (Å²) in [4.78, 5) is 4.24. The van der Waals surface area contributed by atoms with Crippen LogP contribution in [0.5, 0.6) is 0 Å². The van der Waals surface area contributed by atoms with Crippen LogP contribution in [0.2, 0.25) is 0 Å². The van der Waals surface area contributed by atoms with Crippen LogP contribution >= 0.6 is 0 Å². The number of hydrogen-bond acceptors (Lipinski definition) is 3. The lowest BCUT2D eigenvalue weighted by Gasteiger charge is -2.10. The van der Waals surface area contributed by atoms with E-state index < -0.39 is 0 Å². The van der Waals surface area contributed by atoms with Gasteiger partial charge in [0.05, 0.1) is 0 Å². The molecule has 1 aromatic rings. The Kier molecular flexibility index (Phi) is 2.19. The number of aromatic nitrogens is 1. The molecule has 2 rings (SSSR count). The normalized spacial score (nSPS) is 18.3. The van der Waals surface area contributed by atoms with Gasteiger partial charge in [-0.2, -0.15) is 0 Å². The molecule has 1 fully saturated rings. The first-order valence-electron chi connectivity index (χ1n) is 4.70. The van der Waals surface area contributed by atoms with Crippen molar-refractivity contribution in [2.75, 3.05) is 12.4 Å². The molecule has 1 aromatic heterocycles. The van der Waals surface area contributed by atoms with Gasteiger partial charge in [-0.05, 0) is 30.4 Å². The zero-order chi connectivity index (χ0) is 9.26. The summed E-state index contributed by atoms with van der Waals surface area (Å²) in [6, 6.07) is 4.22. The molecular weight excluding hydrogens is 162 g/mol. The number of hydrogen-bond donors (Lipinski definition) is 2. The monoisotopic (exact) mass is 177 g/mol. The van der Waals surface area contributed by atoms with Crippen LogP contribution in [0.4, 0.5) is 5.82 Å². The number of nitrogens with zero attached hydrogens (tertiary/aromatic N) is 1. The highest BCUT2D eigenvalue weighted by Gasteiger charge is 2.29. The van der Waals surface area contributed by atoms with Crippen LogP contribution in [0.1, 0.15) is 24.4 Å². The van der Waals surface area contributed by atoms with E-state index in [-0.39, 0.29) is 6.04 Å². The Morgan fingerprint density at radius 1 is 1.54 bits per heavy atom. The second-order valence-corrected chi connectivity index (χ2v) is 3.59. The molecule has 0 unspecified atom stereocenters. The highest BCUT2D eigenvalue weighted by Crippen LogP contribution is 2.39. The van der Waals surface area contributed by atoms with Crippen molar-refractivity contribution in [1.29, 1.82) is 0 Å². The molecule has 0 bridgehead atoms. The average Bonchev–Trinajstić information content (AvgIpc) is 3.00. The largest absolute Gasteiger partial charge is 0.373 e. The third kappa shape index (κ3) is 1.80. The fourth-order valence-electron chi connectivity index (χ4n) is 1.48. The van der Waals surface area contributed by atoms with Gasteiger partial charge in [0.2, 0.25) is 0 Å².